The smallest absolute Gasteiger partial charge is 0.323 e. The Morgan fingerprint density at radius 1 is 1.30 bits per heavy atom. The molecule has 2 aliphatic rings. The number of aliphatic carboxylic acids is 1. The normalized spacial score (nSPS) is 34.9. The van der Waals surface area contributed by atoms with Crippen LogP contribution in [0.1, 0.15) is 64.7 Å². The van der Waals surface area contributed by atoms with Crippen LogP contribution in [0.25, 0.3) is 0 Å². The summed E-state index contributed by atoms with van der Waals surface area (Å²) < 4.78 is 5.60. The highest BCUT2D eigenvalue weighted by Crippen LogP contribution is 2.33. The molecule has 1 heterocycles. The number of rotatable bonds is 6. The molecule has 0 spiro atoms. The maximum absolute atomic E-state index is 11.8. The lowest BCUT2D eigenvalue weighted by atomic mass is 9.88. The highest BCUT2D eigenvalue weighted by molar-refractivity contribution is 5.78. The van der Waals surface area contributed by atoms with Gasteiger partial charge in [0.15, 0.2) is 0 Å². The summed E-state index contributed by atoms with van der Waals surface area (Å²) >= 11 is 0. The van der Waals surface area contributed by atoms with Crippen molar-refractivity contribution in [2.75, 3.05) is 13.2 Å². The van der Waals surface area contributed by atoms with E-state index in [2.05, 4.69) is 12.2 Å². The lowest BCUT2D eigenvalue weighted by Gasteiger charge is -2.30. The first-order chi connectivity index (χ1) is 9.66. The van der Waals surface area contributed by atoms with Crippen LogP contribution in [0.2, 0.25) is 0 Å². The molecule has 3 atom stereocenters. The molecular weight excluding hydrogens is 254 g/mol. The molecule has 0 radical (unpaired) electrons. The fraction of sp³-hybridized carbons (Fsp3) is 0.938. The quantitative estimate of drug-likeness (QED) is 0.736. The first-order valence-electron chi connectivity index (χ1n) is 8.26. The van der Waals surface area contributed by atoms with Gasteiger partial charge in [0.25, 0.3) is 0 Å². The minimum absolute atomic E-state index is 0.209. The van der Waals surface area contributed by atoms with Gasteiger partial charge in [-0.05, 0) is 38.0 Å². The summed E-state index contributed by atoms with van der Waals surface area (Å²) in [7, 11) is 0. The molecule has 2 rings (SSSR count). The van der Waals surface area contributed by atoms with Crippen molar-refractivity contribution >= 4 is 5.97 Å². The van der Waals surface area contributed by atoms with Crippen LogP contribution < -0.4 is 5.32 Å². The maximum atomic E-state index is 11.8. The Morgan fingerprint density at radius 2 is 2.15 bits per heavy atom. The lowest BCUT2D eigenvalue weighted by Crippen LogP contribution is -2.53. The second-order valence-corrected chi connectivity index (χ2v) is 6.49. The summed E-state index contributed by atoms with van der Waals surface area (Å²) in [6, 6.07) is 0. The molecule has 1 saturated carbocycles. The lowest BCUT2D eigenvalue weighted by molar-refractivity contribution is -0.145. The van der Waals surface area contributed by atoms with E-state index in [4.69, 9.17) is 4.74 Å². The monoisotopic (exact) mass is 283 g/mol. The van der Waals surface area contributed by atoms with Crippen molar-refractivity contribution in [3.63, 3.8) is 0 Å². The van der Waals surface area contributed by atoms with Crippen LogP contribution in [0.15, 0.2) is 0 Å². The molecule has 4 nitrogen and oxygen atoms in total. The highest BCUT2D eigenvalue weighted by Gasteiger charge is 2.40. The largest absolute Gasteiger partial charge is 0.480 e. The number of carboxylic acid groups (broad SMARTS) is 1. The molecule has 1 saturated heterocycles. The standard InChI is InChI=1S/C16H29NO3/c1-2-5-13-6-3-9-16(10-8-13,15(18)19)17-12-14-7-4-11-20-14/h13-14,17H,2-12H2,1H3,(H,18,19). The Balaban J connectivity index is 1.92. The molecule has 0 aromatic heterocycles. The summed E-state index contributed by atoms with van der Waals surface area (Å²) in [6.07, 6.45) is 9.58. The van der Waals surface area contributed by atoms with E-state index in [-0.39, 0.29) is 6.10 Å². The molecule has 1 aliphatic carbocycles. The average molecular weight is 283 g/mol. The molecule has 2 fully saturated rings. The topological polar surface area (TPSA) is 58.6 Å². The van der Waals surface area contributed by atoms with Gasteiger partial charge in [-0.15, -0.1) is 0 Å². The van der Waals surface area contributed by atoms with Crippen molar-refractivity contribution in [2.45, 2.75) is 76.4 Å². The third kappa shape index (κ3) is 3.95. The van der Waals surface area contributed by atoms with Gasteiger partial charge in [0.05, 0.1) is 6.10 Å². The van der Waals surface area contributed by atoms with Crippen LogP contribution in [-0.4, -0.2) is 35.9 Å². The fourth-order valence-corrected chi connectivity index (χ4v) is 3.69. The molecule has 4 heteroatoms. The van der Waals surface area contributed by atoms with Gasteiger partial charge in [-0.1, -0.05) is 32.6 Å². The summed E-state index contributed by atoms with van der Waals surface area (Å²) in [6.45, 7) is 3.72. The first kappa shape index (κ1) is 15.8. The summed E-state index contributed by atoms with van der Waals surface area (Å²) in [5.41, 5.74) is -0.714. The molecular formula is C16H29NO3. The van der Waals surface area contributed by atoms with Gasteiger partial charge in [-0.3, -0.25) is 10.1 Å². The van der Waals surface area contributed by atoms with Gasteiger partial charge in [0.2, 0.25) is 0 Å². The van der Waals surface area contributed by atoms with Crippen molar-refractivity contribution in [1.82, 2.24) is 5.32 Å². The fourth-order valence-electron chi connectivity index (χ4n) is 3.69. The third-order valence-corrected chi connectivity index (χ3v) is 4.99. The number of ether oxygens (including phenoxy) is 1. The predicted octanol–water partition coefficient (Wildman–Crippen LogP) is 2.96. The molecule has 1 aliphatic heterocycles. The molecule has 20 heavy (non-hydrogen) atoms. The maximum Gasteiger partial charge on any atom is 0.323 e. The molecule has 0 aromatic carbocycles. The van der Waals surface area contributed by atoms with Gasteiger partial charge >= 0.3 is 5.97 Å². The molecule has 0 bridgehead atoms. The van der Waals surface area contributed by atoms with Gasteiger partial charge in [0.1, 0.15) is 5.54 Å². The first-order valence-corrected chi connectivity index (χ1v) is 8.26. The van der Waals surface area contributed by atoms with E-state index in [9.17, 15) is 9.90 Å². The zero-order chi connectivity index (χ0) is 14.4. The highest BCUT2D eigenvalue weighted by atomic mass is 16.5. The van der Waals surface area contributed by atoms with E-state index >= 15 is 0 Å². The number of hydrogen-bond donors (Lipinski definition) is 2. The van der Waals surface area contributed by atoms with E-state index in [1.54, 1.807) is 0 Å². The van der Waals surface area contributed by atoms with E-state index in [0.717, 1.165) is 45.1 Å². The predicted molar refractivity (Wildman–Crippen MR) is 78.8 cm³/mol. The van der Waals surface area contributed by atoms with Gasteiger partial charge in [0, 0.05) is 13.2 Å². The molecule has 3 unspecified atom stereocenters. The van der Waals surface area contributed by atoms with Gasteiger partial charge in [-0.25, -0.2) is 0 Å². The summed E-state index contributed by atoms with van der Waals surface area (Å²) in [5.74, 6) is 0.0402. The van der Waals surface area contributed by atoms with Crippen LogP contribution in [0.3, 0.4) is 0 Å². The Hall–Kier alpha value is -0.610. The van der Waals surface area contributed by atoms with Crippen molar-refractivity contribution in [3.8, 4) is 0 Å². The van der Waals surface area contributed by atoms with Gasteiger partial charge < -0.3 is 9.84 Å². The van der Waals surface area contributed by atoms with E-state index in [0.29, 0.717) is 12.5 Å². The van der Waals surface area contributed by atoms with Crippen molar-refractivity contribution in [3.05, 3.63) is 0 Å². The number of nitrogens with one attached hydrogen (secondary N) is 1. The van der Waals surface area contributed by atoms with E-state index in [1.807, 2.05) is 0 Å². The SMILES string of the molecule is CCCC1CCCC(NCC2CCCO2)(C(=O)O)CC1. The minimum atomic E-state index is -0.714. The number of carboxylic acids is 1. The Bertz CT molecular complexity index is 315. The zero-order valence-corrected chi connectivity index (χ0v) is 12.7. The number of hydrogen-bond acceptors (Lipinski definition) is 3. The molecule has 0 aromatic rings. The van der Waals surface area contributed by atoms with Crippen LogP contribution in [-0.2, 0) is 9.53 Å². The van der Waals surface area contributed by atoms with Crippen LogP contribution in [0.5, 0.6) is 0 Å². The average Bonchev–Trinajstić information content (AvgIpc) is 2.85. The van der Waals surface area contributed by atoms with Crippen molar-refractivity contribution in [1.29, 1.82) is 0 Å². The Labute approximate surface area is 122 Å². The van der Waals surface area contributed by atoms with E-state index in [1.165, 1.54) is 19.3 Å². The third-order valence-electron chi connectivity index (χ3n) is 4.99. The second kappa shape index (κ2) is 7.41. The molecule has 0 amide bonds. The Kier molecular flexibility index (Phi) is 5.85. The summed E-state index contributed by atoms with van der Waals surface area (Å²) in [5, 5.41) is 13.1. The zero-order valence-electron chi connectivity index (χ0n) is 12.7. The Morgan fingerprint density at radius 3 is 2.80 bits per heavy atom. The number of carbonyl (C=O) groups is 1. The molecule has 116 valence electrons. The van der Waals surface area contributed by atoms with Crippen molar-refractivity contribution < 1.29 is 14.6 Å². The van der Waals surface area contributed by atoms with Gasteiger partial charge in [-0.2, -0.15) is 0 Å². The van der Waals surface area contributed by atoms with E-state index < -0.39 is 11.5 Å². The second-order valence-electron chi connectivity index (χ2n) is 6.49. The summed E-state index contributed by atoms with van der Waals surface area (Å²) in [4.78, 5) is 11.8. The van der Waals surface area contributed by atoms with Crippen LogP contribution in [0.4, 0.5) is 0 Å². The van der Waals surface area contributed by atoms with Crippen LogP contribution in [0, 0.1) is 5.92 Å². The molecule has 2 N–H and O–H groups in total. The van der Waals surface area contributed by atoms with Crippen molar-refractivity contribution in [2.24, 2.45) is 5.92 Å². The van der Waals surface area contributed by atoms with Crippen LogP contribution >= 0.6 is 0 Å². The minimum Gasteiger partial charge on any atom is -0.480 e.